The van der Waals surface area contributed by atoms with Crippen LogP contribution in [0.25, 0.3) is 5.69 Å². The highest BCUT2D eigenvalue weighted by atomic mass is 127. The van der Waals surface area contributed by atoms with Gasteiger partial charge in [-0.2, -0.15) is 5.10 Å². The maximum absolute atomic E-state index is 12.0. The molecule has 1 amide bonds. The number of rotatable bonds is 7. The molecule has 0 fully saturated rings. The molecule has 0 saturated heterocycles. The molecule has 0 aliphatic rings. The minimum absolute atomic E-state index is 0.0237. The topological polar surface area (TPSA) is 98.8 Å². The normalized spacial score (nSPS) is 10.9. The van der Waals surface area contributed by atoms with Gasteiger partial charge in [0.2, 0.25) is 0 Å². The third kappa shape index (κ3) is 5.03. The van der Waals surface area contributed by atoms with Gasteiger partial charge in [0.25, 0.3) is 11.6 Å². The van der Waals surface area contributed by atoms with E-state index in [2.05, 4.69) is 33.1 Å². The fraction of sp³-hybridized carbons (Fsp3) is 0.143. The Morgan fingerprint density at radius 3 is 2.73 bits per heavy atom. The lowest BCUT2D eigenvalue weighted by Gasteiger charge is -2.09. The standard InChI is InChI=1S/C21H19IN4O4/c1-14-10-16(15(2)25(14)17-6-5-7-18(11-17)26(28)29)12-23-24-21(27)13-30-20-9-4-3-8-19(20)22/h3-12H,13H2,1-2H3,(H,24,27)/b23-12-. The first-order valence-corrected chi connectivity index (χ1v) is 10.1. The van der Waals surface area contributed by atoms with Gasteiger partial charge in [-0.1, -0.05) is 18.2 Å². The number of hydrazone groups is 1. The number of nitro benzene ring substituents is 1. The Bertz CT molecular complexity index is 1120. The van der Waals surface area contributed by atoms with Crippen molar-refractivity contribution in [2.24, 2.45) is 5.10 Å². The lowest BCUT2D eigenvalue weighted by Crippen LogP contribution is -2.24. The molecule has 0 unspecified atom stereocenters. The zero-order valence-corrected chi connectivity index (χ0v) is 18.5. The lowest BCUT2D eigenvalue weighted by atomic mass is 10.2. The van der Waals surface area contributed by atoms with E-state index in [-0.39, 0.29) is 18.2 Å². The number of ether oxygens (including phenoxy) is 1. The number of benzene rings is 2. The van der Waals surface area contributed by atoms with E-state index in [1.807, 2.05) is 42.7 Å². The summed E-state index contributed by atoms with van der Waals surface area (Å²) in [6.07, 6.45) is 1.54. The Balaban J connectivity index is 1.67. The van der Waals surface area contributed by atoms with E-state index in [0.717, 1.165) is 20.5 Å². The summed E-state index contributed by atoms with van der Waals surface area (Å²) >= 11 is 2.14. The molecule has 1 aromatic heterocycles. The number of hydrogen-bond acceptors (Lipinski definition) is 5. The number of hydrogen-bond donors (Lipinski definition) is 1. The maximum atomic E-state index is 12.0. The van der Waals surface area contributed by atoms with Crippen molar-refractivity contribution in [1.82, 2.24) is 9.99 Å². The number of halogens is 1. The third-order valence-electron chi connectivity index (χ3n) is 4.36. The first kappa shape index (κ1) is 21.5. The number of nitrogens with zero attached hydrogens (tertiary/aromatic N) is 3. The molecule has 0 bridgehead atoms. The van der Waals surface area contributed by atoms with Crippen LogP contribution in [0.15, 0.2) is 59.7 Å². The van der Waals surface area contributed by atoms with E-state index in [1.165, 1.54) is 12.1 Å². The first-order valence-electron chi connectivity index (χ1n) is 9.00. The Morgan fingerprint density at radius 1 is 1.23 bits per heavy atom. The number of non-ortho nitro benzene ring substituents is 1. The van der Waals surface area contributed by atoms with Gasteiger partial charge < -0.3 is 9.30 Å². The third-order valence-corrected chi connectivity index (χ3v) is 5.25. The van der Waals surface area contributed by atoms with E-state index in [9.17, 15) is 14.9 Å². The van der Waals surface area contributed by atoms with Crippen molar-refractivity contribution in [2.45, 2.75) is 13.8 Å². The number of nitrogens with one attached hydrogen (secondary N) is 1. The average molecular weight is 518 g/mol. The van der Waals surface area contributed by atoms with Gasteiger partial charge in [0.1, 0.15) is 5.75 Å². The number of aromatic nitrogens is 1. The van der Waals surface area contributed by atoms with Crippen LogP contribution >= 0.6 is 22.6 Å². The highest BCUT2D eigenvalue weighted by Crippen LogP contribution is 2.23. The molecule has 3 rings (SSSR count). The van der Waals surface area contributed by atoms with E-state index in [0.29, 0.717) is 11.4 Å². The number of aryl methyl sites for hydroxylation is 1. The van der Waals surface area contributed by atoms with Crippen LogP contribution < -0.4 is 10.2 Å². The monoisotopic (exact) mass is 518 g/mol. The fourth-order valence-corrected chi connectivity index (χ4v) is 3.52. The first-order chi connectivity index (χ1) is 14.4. The van der Waals surface area contributed by atoms with Crippen molar-refractivity contribution in [3.05, 3.63) is 85.2 Å². The highest BCUT2D eigenvalue weighted by Gasteiger charge is 2.13. The van der Waals surface area contributed by atoms with Crippen LogP contribution in [0, 0.1) is 27.5 Å². The van der Waals surface area contributed by atoms with Gasteiger partial charge in [0, 0.05) is 29.1 Å². The fourth-order valence-electron chi connectivity index (χ4n) is 2.97. The lowest BCUT2D eigenvalue weighted by molar-refractivity contribution is -0.384. The van der Waals surface area contributed by atoms with Crippen LogP contribution in [0.5, 0.6) is 5.75 Å². The minimum atomic E-state index is -0.423. The molecule has 2 aromatic carbocycles. The van der Waals surface area contributed by atoms with Crippen LogP contribution in [-0.2, 0) is 4.79 Å². The molecule has 1 heterocycles. The van der Waals surface area contributed by atoms with Crippen molar-refractivity contribution < 1.29 is 14.5 Å². The molecule has 0 spiro atoms. The van der Waals surface area contributed by atoms with Crippen LogP contribution in [0.4, 0.5) is 5.69 Å². The molecule has 0 saturated carbocycles. The minimum Gasteiger partial charge on any atom is -0.483 e. The predicted molar refractivity (Wildman–Crippen MR) is 122 cm³/mol. The van der Waals surface area contributed by atoms with Crippen molar-refractivity contribution in [1.29, 1.82) is 0 Å². The zero-order valence-electron chi connectivity index (χ0n) is 16.3. The summed E-state index contributed by atoms with van der Waals surface area (Å²) in [5.41, 5.74) is 5.69. The van der Waals surface area contributed by atoms with Crippen molar-refractivity contribution in [3.63, 3.8) is 0 Å². The van der Waals surface area contributed by atoms with Gasteiger partial charge in [-0.05, 0) is 60.7 Å². The van der Waals surface area contributed by atoms with Crippen LogP contribution in [0.2, 0.25) is 0 Å². The Labute approximate surface area is 186 Å². The summed E-state index contributed by atoms with van der Waals surface area (Å²) in [5, 5.41) is 15.1. The quantitative estimate of drug-likeness (QED) is 0.220. The van der Waals surface area contributed by atoms with Gasteiger partial charge in [-0.3, -0.25) is 14.9 Å². The van der Waals surface area contributed by atoms with Crippen LogP contribution in [0.3, 0.4) is 0 Å². The van der Waals surface area contributed by atoms with E-state index < -0.39 is 4.92 Å². The molecule has 0 atom stereocenters. The van der Waals surface area contributed by atoms with Gasteiger partial charge in [-0.25, -0.2) is 5.43 Å². The Morgan fingerprint density at radius 2 is 2.00 bits per heavy atom. The smallest absolute Gasteiger partial charge is 0.277 e. The van der Waals surface area contributed by atoms with Crippen molar-refractivity contribution in [3.8, 4) is 11.4 Å². The average Bonchev–Trinajstić information content (AvgIpc) is 3.00. The number of carbonyl (C=O) groups excluding carboxylic acids is 1. The van der Waals surface area contributed by atoms with E-state index in [4.69, 9.17) is 4.74 Å². The summed E-state index contributed by atoms with van der Waals surface area (Å²) in [5.74, 6) is 0.260. The molecule has 0 aliphatic carbocycles. The number of amides is 1. The predicted octanol–water partition coefficient (Wildman–Crippen LogP) is 4.14. The molecule has 8 nitrogen and oxygen atoms in total. The molecular formula is C21H19IN4O4. The highest BCUT2D eigenvalue weighted by molar-refractivity contribution is 14.1. The van der Waals surface area contributed by atoms with Crippen LogP contribution in [-0.4, -0.2) is 28.2 Å². The molecule has 1 N–H and O–H groups in total. The summed E-state index contributed by atoms with van der Waals surface area (Å²) < 4.78 is 8.30. The maximum Gasteiger partial charge on any atom is 0.277 e. The summed E-state index contributed by atoms with van der Waals surface area (Å²) in [6, 6.07) is 15.7. The second-order valence-corrected chi connectivity index (χ2v) is 7.61. The molecular weight excluding hydrogens is 499 g/mol. The second-order valence-electron chi connectivity index (χ2n) is 6.45. The van der Waals surface area contributed by atoms with Crippen molar-refractivity contribution in [2.75, 3.05) is 6.61 Å². The van der Waals surface area contributed by atoms with Gasteiger partial charge in [0.05, 0.1) is 20.4 Å². The number of para-hydroxylation sites is 1. The Kier molecular flexibility index (Phi) is 6.83. The molecule has 154 valence electrons. The molecule has 0 radical (unpaired) electrons. The second kappa shape index (κ2) is 9.53. The molecule has 3 aromatic rings. The summed E-state index contributed by atoms with van der Waals surface area (Å²) in [6.45, 7) is 3.64. The summed E-state index contributed by atoms with van der Waals surface area (Å²) in [4.78, 5) is 22.6. The zero-order chi connectivity index (χ0) is 21.7. The number of carbonyl (C=O) groups is 1. The molecule has 9 heteroatoms. The molecule has 0 aliphatic heterocycles. The molecule has 30 heavy (non-hydrogen) atoms. The summed E-state index contributed by atoms with van der Waals surface area (Å²) in [7, 11) is 0. The van der Waals surface area contributed by atoms with Gasteiger partial charge in [0.15, 0.2) is 6.61 Å². The van der Waals surface area contributed by atoms with Gasteiger partial charge in [-0.15, -0.1) is 0 Å². The van der Waals surface area contributed by atoms with E-state index in [1.54, 1.807) is 24.4 Å². The Hall–Kier alpha value is -3.21. The van der Waals surface area contributed by atoms with Crippen molar-refractivity contribution >= 4 is 40.4 Å². The van der Waals surface area contributed by atoms with Crippen LogP contribution in [0.1, 0.15) is 17.0 Å². The number of nitro groups is 1. The largest absolute Gasteiger partial charge is 0.483 e. The SMILES string of the molecule is Cc1cc(/C=N\NC(=O)COc2ccccc2I)c(C)n1-c1cccc([N+](=O)[O-])c1. The van der Waals surface area contributed by atoms with E-state index >= 15 is 0 Å². The van der Waals surface area contributed by atoms with Gasteiger partial charge >= 0.3 is 0 Å².